The van der Waals surface area contributed by atoms with Crippen molar-refractivity contribution in [1.82, 2.24) is 10.3 Å². The maximum absolute atomic E-state index is 6.17. The number of nitrogens with zero attached hydrogens (tertiary/aromatic N) is 1. The molecule has 0 radical (unpaired) electrons. The second-order valence-electron chi connectivity index (χ2n) is 4.22. The molecule has 0 aromatic carbocycles. The van der Waals surface area contributed by atoms with Gasteiger partial charge < -0.3 is 5.32 Å². The largest absolute Gasteiger partial charge is 0.310 e. The molecule has 1 heterocycles. The Morgan fingerprint density at radius 1 is 1.53 bits per heavy atom. The number of thiazole rings is 1. The van der Waals surface area contributed by atoms with Gasteiger partial charge in [-0.25, -0.2) is 4.98 Å². The Labute approximate surface area is 101 Å². The fourth-order valence-electron chi connectivity index (χ4n) is 1.44. The molecule has 15 heavy (non-hydrogen) atoms. The lowest BCUT2D eigenvalue weighted by Crippen LogP contribution is -2.24. The maximum Gasteiger partial charge on any atom is 0.0897 e. The summed E-state index contributed by atoms with van der Waals surface area (Å²) in [6, 6.07) is 0. The van der Waals surface area contributed by atoms with Crippen LogP contribution < -0.4 is 5.32 Å². The molecule has 1 unspecified atom stereocenters. The van der Waals surface area contributed by atoms with Crippen molar-refractivity contribution in [2.24, 2.45) is 5.92 Å². The van der Waals surface area contributed by atoms with E-state index in [0.29, 0.717) is 5.92 Å². The third-order valence-corrected chi connectivity index (χ3v) is 3.22. The molecule has 0 aliphatic heterocycles. The van der Waals surface area contributed by atoms with Crippen LogP contribution in [0.15, 0.2) is 5.38 Å². The minimum Gasteiger partial charge on any atom is -0.310 e. The standard InChI is InChI=1S/C11H19ClN2S/c1-8(2)4-10(12)5-13-6-11-7-15-9(3)14-11/h7-8,10,13H,4-6H2,1-3H3. The van der Waals surface area contributed by atoms with Crippen LogP contribution in [0.25, 0.3) is 0 Å². The van der Waals surface area contributed by atoms with Crippen LogP contribution >= 0.6 is 22.9 Å². The van der Waals surface area contributed by atoms with E-state index in [1.54, 1.807) is 11.3 Å². The molecule has 1 atom stereocenters. The highest BCUT2D eigenvalue weighted by molar-refractivity contribution is 7.09. The van der Waals surface area contributed by atoms with Crippen LogP contribution in [-0.2, 0) is 6.54 Å². The Morgan fingerprint density at radius 3 is 2.80 bits per heavy atom. The molecule has 0 fully saturated rings. The van der Waals surface area contributed by atoms with E-state index in [1.807, 2.05) is 6.92 Å². The highest BCUT2D eigenvalue weighted by Gasteiger charge is 2.06. The van der Waals surface area contributed by atoms with Crippen LogP contribution in [0, 0.1) is 12.8 Å². The summed E-state index contributed by atoms with van der Waals surface area (Å²) < 4.78 is 0. The number of hydrogen-bond acceptors (Lipinski definition) is 3. The first-order valence-corrected chi connectivity index (χ1v) is 6.65. The second-order valence-corrected chi connectivity index (χ2v) is 5.90. The lowest BCUT2D eigenvalue weighted by Gasteiger charge is -2.12. The van der Waals surface area contributed by atoms with Crippen LogP contribution in [0.1, 0.15) is 31.0 Å². The van der Waals surface area contributed by atoms with Crippen LogP contribution in [0.3, 0.4) is 0 Å². The molecule has 4 heteroatoms. The van der Waals surface area contributed by atoms with Crippen molar-refractivity contribution in [3.63, 3.8) is 0 Å². The number of nitrogens with one attached hydrogen (secondary N) is 1. The Bertz CT molecular complexity index is 286. The van der Waals surface area contributed by atoms with Gasteiger partial charge in [0.25, 0.3) is 0 Å². The summed E-state index contributed by atoms with van der Waals surface area (Å²) >= 11 is 7.86. The number of rotatable bonds is 6. The molecule has 0 saturated carbocycles. The van der Waals surface area contributed by atoms with Gasteiger partial charge in [-0.05, 0) is 19.3 Å². The van der Waals surface area contributed by atoms with Gasteiger partial charge in [0.1, 0.15) is 0 Å². The summed E-state index contributed by atoms with van der Waals surface area (Å²) in [6.07, 6.45) is 1.06. The quantitative estimate of drug-likeness (QED) is 0.780. The van der Waals surface area contributed by atoms with Gasteiger partial charge in [0.05, 0.1) is 10.7 Å². The molecular formula is C11H19ClN2S. The zero-order chi connectivity index (χ0) is 11.3. The van der Waals surface area contributed by atoms with Gasteiger partial charge in [0.15, 0.2) is 0 Å². The summed E-state index contributed by atoms with van der Waals surface area (Å²) in [5, 5.41) is 6.77. The molecule has 1 N–H and O–H groups in total. The van der Waals surface area contributed by atoms with Crippen molar-refractivity contribution < 1.29 is 0 Å². The molecule has 0 saturated heterocycles. The highest BCUT2D eigenvalue weighted by Crippen LogP contribution is 2.10. The van der Waals surface area contributed by atoms with Crippen molar-refractivity contribution in [3.05, 3.63) is 16.1 Å². The van der Waals surface area contributed by atoms with Crippen molar-refractivity contribution in [2.45, 2.75) is 39.1 Å². The smallest absolute Gasteiger partial charge is 0.0897 e. The van der Waals surface area contributed by atoms with Crippen LogP contribution in [0.5, 0.6) is 0 Å². The predicted molar refractivity (Wildman–Crippen MR) is 67.7 cm³/mol. The number of aromatic nitrogens is 1. The van der Waals surface area contributed by atoms with Crippen molar-refractivity contribution in [1.29, 1.82) is 0 Å². The van der Waals surface area contributed by atoms with Crippen LogP contribution in [0.2, 0.25) is 0 Å². The molecule has 0 bridgehead atoms. The molecule has 0 aliphatic rings. The molecular weight excluding hydrogens is 228 g/mol. The lowest BCUT2D eigenvalue weighted by molar-refractivity contribution is 0.532. The van der Waals surface area contributed by atoms with Crippen molar-refractivity contribution >= 4 is 22.9 Å². The number of hydrogen-bond donors (Lipinski definition) is 1. The monoisotopic (exact) mass is 246 g/mol. The van der Waals surface area contributed by atoms with E-state index in [4.69, 9.17) is 11.6 Å². The van der Waals surface area contributed by atoms with Crippen molar-refractivity contribution in [3.8, 4) is 0 Å². The fraction of sp³-hybridized carbons (Fsp3) is 0.727. The number of halogens is 1. The Kier molecular flexibility index (Phi) is 5.58. The number of alkyl halides is 1. The minimum atomic E-state index is 0.227. The summed E-state index contributed by atoms with van der Waals surface area (Å²) in [4.78, 5) is 4.38. The minimum absolute atomic E-state index is 0.227. The molecule has 1 rings (SSSR count). The molecule has 1 aromatic rings. The van der Waals surface area contributed by atoms with Gasteiger partial charge >= 0.3 is 0 Å². The predicted octanol–water partition coefficient (Wildman–Crippen LogP) is 3.19. The van der Waals surface area contributed by atoms with E-state index in [2.05, 4.69) is 29.5 Å². The normalized spacial score (nSPS) is 13.4. The lowest BCUT2D eigenvalue weighted by atomic mass is 10.1. The van der Waals surface area contributed by atoms with E-state index < -0.39 is 0 Å². The van der Waals surface area contributed by atoms with E-state index in [0.717, 1.165) is 30.2 Å². The highest BCUT2D eigenvalue weighted by atomic mass is 35.5. The van der Waals surface area contributed by atoms with Crippen LogP contribution in [-0.4, -0.2) is 16.9 Å². The zero-order valence-electron chi connectivity index (χ0n) is 9.59. The fourth-order valence-corrected chi connectivity index (χ4v) is 2.52. The van der Waals surface area contributed by atoms with E-state index in [1.165, 1.54) is 0 Å². The Hall–Kier alpha value is -0.120. The first-order chi connectivity index (χ1) is 7.08. The van der Waals surface area contributed by atoms with Crippen molar-refractivity contribution in [2.75, 3.05) is 6.54 Å². The first-order valence-electron chi connectivity index (χ1n) is 5.33. The topological polar surface area (TPSA) is 24.9 Å². The summed E-state index contributed by atoms with van der Waals surface area (Å²) in [5.74, 6) is 0.663. The van der Waals surface area contributed by atoms with E-state index in [9.17, 15) is 0 Å². The third-order valence-electron chi connectivity index (χ3n) is 2.07. The van der Waals surface area contributed by atoms with Gasteiger partial charge in [0, 0.05) is 23.8 Å². The Balaban J connectivity index is 2.16. The van der Waals surface area contributed by atoms with E-state index >= 15 is 0 Å². The van der Waals surface area contributed by atoms with E-state index in [-0.39, 0.29) is 5.38 Å². The van der Waals surface area contributed by atoms with Crippen LogP contribution in [0.4, 0.5) is 0 Å². The summed E-state index contributed by atoms with van der Waals surface area (Å²) in [7, 11) is 0. The SMILES string of the molecule is Cc1nc(CNCC(Cl)CC(C)C)cs1. The molecule has 0 amide bonds. The molecule has 1 aromatic heterocycles. The second kappa shape index (κ2) is 6.46. The average molecular weight is 247 g/mol. The molecule has 0 spiro atoms. The maximum atomic E-state index is 6.17. The molecule has 86 valence electrons. The molecule has 2 nitrogen and oxygen atoms in total. The molecule has 0 aliphatic carbocycles. The third kappa shape index (κ3) is 5.50. The van der Waals surface area contributed by atoms with Gasteiger partial charge in [-0.3, -0.25) is 0 Å². The Morgan fingerprint density at radius 2 is 2.27 bits per heavy atom. The van der Waals surface area contributed by atoms with Gasteiger partial charge in [0.2, 0.25) is 0 Å². The zero-order valence-corrected chi connectivity index (χ0v) is 11.2. The first kappa shape index (κ1) is 12.9. The van der Waals surface area contributed by atoms with Gasteiger partial charge in [-0.15, -0.1) is 22.9 Å². The summed E-state index contributed by atoms with van der Waals surface area (Å²) in [6.45, 7) is 8.09. The summed E-state index contributed by atoms with van der Waals surface area (Å²) in [5.41, 5.74) is 1.12. The average Bonchev–Trinajstić information content (AvgIpc) is 2.50. The number of aryl methyl sites for hydroxylation is 1. The van der Waals surface area contributed by atoms with Gasteiger partial charge in [-0.1, -0.05) is 13.8 Å². The van der Waals surface area contributed by atoms with Gasteiger partial charge in [-0.2, -0.15) is 0 Å².